The van der Waals surface area contributed by atoms with Gasteiger partial charge in [0.1, 0.15) is 0 Å². The first-order valence-corrected chi connectivity index (χ1v) is 7.56. The van der Waals surface area contributed by atoms with Crippen LogP contribution in [0.15, 0.2) is 42.7 Å². The van der Waals surface area contributed by atoms with Gasteiger partial charge in [-0.15, -0.1) is 0 Å². The maximum absolute atomic E-state index is 6.39. The van der Waals surface area contributed by atoms with Gasteiger partial charge in [0.2, 0.25) is 0 Å². The van der Waals surface area contributed by atoms with Crippen LogP contribution in [0.1, 0.15) is 43.0 Å². The number of benzene rings is 1. The van der Waals surface area contributed by atoms with Crippen LogP contribution in [0.2, 0.25) is 5.02 Å². The number of hydrogen-bond donors (Lipinski definition) is 1. The monoisotopic (exact) mass is 288 g/mol. The summed E-state index contributed by atoms with van der Waals surface area (Å²) in [5, 5.41) is 4.41. The van der Waals surface area contributed by atoms with E-state index in [1.165, 1.54) is 11.1 Å². The molecule has 106 valence electrons. The third kappa shape index (κ3) is 3.38. The molecule has 0 fully saturated rings. The zero-order chi connectivity index (χ0) is 14.4. The molecule has 2 aromatic rings. The van der Waals surface area contributed by atoms with Crippen LogP contribution in [0.25, 0.3) is 0 Å². The molecule has 1 atom stereocenters. The first-order valence-electron chi connectivity index (χ1n) is 7.18. The molecule has 2 rings (SSSR count). The number of nitrogens with zero attached hydrogens (tertiary/aromatic N) is 1. The van der Waals surface area contributed by atoms with E-state index in [9.17, 15) is 0 Å². The second-order valence-corrected chi connectivity index (χ2v) is 5.24. The minimum Gasteiger partial charge on any atom is -0.306 e. The second-order valence-electron chi connectivity index (χ2n) is 4.84. The molecule has 0 aliphatic rings. The molecule has 2 nitrogen and oxygen atoms in total. The third-order valence-electron chi connectivity index (χ3n) is 3.45. The first-order chi connectivity index (χ1) is 9.77. The molecule has 1 aromatic carbocycles. The third-order valence-corrected chi connectivity index (χ3v) is 3.79. The molecule has 0 saturated heterocycles. The van der Waals surface area contributed by atoms with Gasteiger partial charge in [-0.1, -0.05) is 43.6 Å². The molecular weight excluding hydrogens is 268 g/mol. The topological polar surface area (TPSA) is 24.9 Å². The lowest BCUT2D eigenvalue weighted by atomic mass is 9.94. The van der Waals surface area contributed by atoms with E-state index in [2.05, 4.69) is 36.3 Å². The molecule has 3 heteroatoms. The van der Waals surface area contributed by atoms with Gasteiger partial charge >= 0.3 is 0 Å². The van der Waals surface area contributed by atoms with Crippen LogP contribution in [-0.4, -0.2) is 11.5 Å². The number of halogens is 1. The summed E-state index contributed by atoms with van der Waals surface area (Å²) in [4.78, 5) is 4.23. The number of aryl methyl sites for hydroxylation is 1. The van der Waals surface area contributed by atoms with Gasteiger partial charge in [-0.25, -0.2) is 0 Å². The second kappa shape index (κ2) is 7.41. The van der Waals surface area contributed by atoms with E-state index in [1.54, 1.807) is 0 Å². The van der Waals surface area contributed by atoms with Gasteiger partial charge in [0, 0.05) is 17.4 Å². The Morgan fingerprint density at radius 3 is 2.65 bits per heavy atom. The average Bonchev–Trinajstić information content (AvgIpc) is 2.49. The molecule has 0 radical (unpaired) electrons. The van der Waals surface area contributed by atoms with Gasteiger partial charge in [-0.3, -0.25) is 4.98 Å². The van der Waals surface area contributed by atoms with E-state index in [1.807, 2.05) is 30.6 Å². The van der Waals surface area contributed by atoms with Crippen molar-refractivity contribution in [3.05, 3.63) is 64.4 Å². The molecule has 0 amide bonds. The zero-order valence-electron chi connectivity index (χ0n) is 12.1. The highest BCUT2D eigenvalue weighted by Gasteiger charge is 2.18. The van der Waals surface area contributed by atoms with E-state index >= 15 is 0 Å². The quantitative estimate of drug-likeness (QED) is 0.853. The Balaban J connectivity index is 2.44. The summed E-state index contributed by atoms with van der Waals surface area (Å²) < 4.78 is 0. The zero-order valence-corrected chi connectivity index (χ0v) is 12.8. The molecule has 20 heavy (non-hydrogen) atoms. The molecule has 0 aliphatic carbocycles. The number of hydrogen-bond acceptors (Lipinski definition) is 2. The van der Waals surface area contributed by atoms with Crippen molar-refractivity contribution in [2.45, 2.75) is 32.7 Å². The lowest BCUT2D eigenvalue weighted by Crippen LogP contribution is -2.24. The summed E-state index contributed by atoms with van der Waals surface area (Å²) in [7, 11) is 0. The minimum absolute atomic E-state index is 0.126. The Bertz CT molecular complexity index is 554. The van der Waals surface area contributed by atoms with E-state index < -0.39 is 0 Å². The van der Waals surface area contributed by atoms with Crippen molar-refractivity contribution in [3.63, 3.8) is 0 Å². The Labute approximate surface area is 126 Å². The van der Waals surface area contributed by atoms with Crippen LogP contribution in [0, 0.1) is 0 Å². The predicted molar refractivity (Wildman–Crippen MR) is 85.2 cm³/mol. The maximum atomic E-state index is 6.39. The van der Waals surface area contributed by atoms with E-state index in [0.29, 0.717) is 0 Å². The fourth-order valence-corrected chi connectivity index (χ4v) is 2.65. The summed E-state index contributed by atoms with van der Waals surface area (Å²) in [5.74, 6) is 0. The van der Waals surface area contributed by atoms with Gasteiger partial charge in [0.25, 0.3) is 0 Å². The summed E-state index contributed by atoms with van der Waals surface area (Å²) in [6, 6.07) is 10.3. The van der Waals surface area contributed by atoms with Crippen molar-refractivity contribution in [1.82, 2.24) is 10.3 Å². The molecule has 1 heterocycles. The number of nitrogens with one attached hydrogen (secondary N) is 1. The maximum Gasteiger partial charge on any atom is 0.0595 e. The van der Waals surface area contributed by atoms with Crippen molar-refractivity contribution < 1.29 is 0 Å². The van der Waals surface area contributed by atoms with Crippen molar-refractivity contribution in [2.75, 3.05) is 6.54 Å². The highest BCUT2D eigenvalue weighted by atomic mass is 35.5. The molecule has 1 unspecified atom stereocenters. The van der Waals surface area contributed by atoms with Gasteiger partial charge < -0.3 is 5.32 Å². The number of rotatable bonds is 6. The fourth-order valence-electron chi connectivity index (χ4n) is 2.40. The number of aromatic nitrogens is 1. The molecule has 0 aliphatic heterocycles. The summed E-state index contributed by atoms with van der Waals surface area (Å²) in [6.07, 6.45) is 5.87. The lowest BCUT2D eigenvalue weighted by Gasteiger charge is -2.22. The van der Waals surface area contributed by atoms with E-state index in [4.69, 9.17) is 11.6 Å². The highest BCUT2D eigenvalue weighted by molar-refractivity contribution is 6.31. The highest BCUT2D eigenvalue weighted by Crippen LogP contribution is 2.30. The molecule has 0 saturated carbocycles. The average molecular weight is 289 g/mol. The largest absolute Gasteiger partial charge is 0.306 e. The van der Waals surface area contributed by atoms with E-state index in [0.717, 1.165) is 30.0 Å². The summed E-state index contributed by atoms with van der Waals surface area (Å²) in [5.41, 5.74) is 3.66. The Morgan fingerprint density at radius 1 is 1.15 bits per heavy atom. The minimum atomic E-state index is 0.126. The van der Waals surface area contributed by atoms with Crippen LogP contribution < -0.4 is 5.32 Å². The fraction of sp³-hybridized carbons (Fsp3) is 0.353. The number of pyridine rings is 1. The SMILES string of the molecule is CCCNC(c1ccccc1Cl)c1ccncc1CC. The van der Waals surface area contributed by atoms with Crippen LogP contribution in [-0.2, 0) is 6.42 Å². The van der Waals surface area contributed by atoms with E-state index in [-0.39, 0.29) is 6.04 Å². The molecule has 0 spiro atoms. The molecule has 0 bridgehead atoms. The van der Waals surface area contributed by atoms with Gasteiger partial charge in [0.05, 0.1) is 6.04 Å². The predicted octanol–water partition coefficient (Wildman–Crippen LogP) is 4.39. The van der Waals surface area contributed by atoms with Crippen LogP contribution in [0.5, 0.6) is 0 Å². The van der Waals surface area contributed by atoms with Gasteiger partial charge in [-0.2, -0.15) is 0 Å². The Morgan fingerprint density at radius 2 is 1.95 bits per heavy atom. The van der Waals surface area contributed by atoms with Crippen LogP contribution in [0.3, 0.4) is 0 Å². The van der Waals surface area contributed by atoms with Gasteiger partial charge in [0.15, 0.2) is 0 Å². The standard InChI is InChI=1S/C17H21ClN2/c1-3-10-20-17(15-7-5-6-8-16(15)18)14-9-11-19-12-13(14)4-2/h5-9,11-12,17,20H,3-4,10H2,1-2H3. The molecule has 1 N–H and O–H groups in total. The lowest BCUT2D eigenvalue weighted by molar-refractivity contribution is 0.594. The van der Waals surface area contributed by atoms with Crippen LogP contribution >= 0.6 is 11.6 Å². The van der Waals surface area contributed by atoms with Crippen molar-refractivity contribution in [3.8, 4) is 0 Å². The smallest absolute Gasteiger partial charge is 0.0595 e. The normalized spacial score (nSPS) is 12.3. The van der Waals surface area contributed by atoms with Crippen molar-refractivity contribution >= 4 is 11.6 Å². The Kier molecular flexibility index (Phi) is 5.57. The first kappa shape index (κ1) is 15.0. The van der Waals surface area contributed by atoms with Crippen LogP contribution in [0.4, 0.5) is 0 Å². The summed E-state index contributed by atoms with van der Waals surface area (Å²) >= 11 is 6.39. The van der Waals surface area contributed by atoms with Gasteiger partial charge in [-0.05, 0) is 48.2 Å². The molecule has 1 aromatic heterocycles. The van der Waals surface area contributed by atoms with Crippen molar-refractivity contribution in [1.29, 1.82) is 0 Å². The molecular formula is C17H21ClN2. The Hall–Kier alpha value is -1.38. The van der Waals surface area contributed by atoms with Crippen molar-refractivity contribution in [2.24, 2.45) is 0 Å². The summed E-state index contributed by atoms with van der Waals surface area (Å²) in [6.45, 7) is 5.29.